The molecule has 116 valence electrons. The summed E-state index contributed by atoms with van der Waals surface area (Å²) in [6.45, 7) is 9.25. The third kappa shape index (κ3) is 4.55. The lowest BCUT2D eigenvalue weighted by atomic mass is 9.98. The number of thioether (sulfide) groups is 1. The minimum atomic E-state index is -0.415. The van der Waals surface area contributed by atoms with E-state index in [-0.39, 0.29) is 12.1 Å². The van der Waals surface area contributed by atoms with Crippen molar-refractivity contribution in [1.82, 2.24) is 10.2 Å². The molecule has 3 atom stereocenters. The second-order valence-corrected chi connectivity index (χ2v) is 8.08. The van der Waals surface area contributed by atoms with Gasteiger partial charge in [0.1, 0.15) is 5.60 Å². The van der Waals surface area contributed by atoms with Crippen LogP contribution in [0, 0.1) is 5.92 Å². The van der Waals surface area contributed by atoms with Crippen molar-refractivity contribution in [3.05, 3.63) is 0 Å². The number of ether oxygens (including phenoxy) is 1. The largest absolute Gasteiger partial charge is 0.444 e. The molecule has 0 aromatic rings. The van der Waals surface area contributed by atoms with Crippen molar-refractivity contribution in [3.8, 4) is 0 Å². The number of hydrogen-bond acceptors (Lipinski definition) is 4. The molecule has 2 aliphatic rings. The molecule has 2 rings (SSSR count). The molecule has 2 fully saturated rings. The predicted molar refractivity (Wildman–Crippen MR) is 84.0 cm³/mol. The molecule has 1 amide bonds. The molecular weight excluding hydrogens is 272 g/mol. The summed E-state index contributed by atoms with van der Waals surface area (Å²) in [6.07, 6.45) is 3.10. The van der Waals surface area contributed by atoms with Gasteiger partial charge in [0.25, 0.3) is 0 Å². The first-order chi connectivity index (χ1) is 9.35. The van der Waals surface area contributed by atoms with Crippen LogP contribution in [-0.2, 0) is 4.74 Å². The lowest BCUT2D eigenvalue weighted by Crippen LogP contribution is -2.39. The summed E-state index contributed by atoms with van der Waals surface area (Å²) in [5, 5.41) is 3.03. The standard InChI is InChI=1S/C15H28N2O2S/c1-11(17-7-8-20-10-17)12-5-6-13(9-12)16-14(18)19-15(2,3)4/h11-13H,5-10H2,1-4H3,(H,16,18). The van der Waals surface area contributed by atoms with Crippen LogP contribution in [0.5, 0.6) is 0 Å². The normalized spacial score (nSPS) is 29.4. The number of carbonyl (C=O) groups excluding carboxylic acids is 1. The van der Waals surface area contributed by atoms with E-state index in [2.05, 4.69) is 17.1 Å². The molecule has 1 saturated carbocycles. The topological polar surface area (TPSA) is 41.6 Å². The Morgan fingerprint density at radius 1 is 1.40 bits per heavy atom. The minimum absolute atomic E-state index is 0.271. The molecule has 0 bridgehead atoms. The fourth-order valence-corrected chi connectivity index (χ4v) is 4.20. The fourth-order valence-electron chi connectivity index (χ4n) is 3.11. The number of amides is 1. The maximum Gasteiger partial charge on any atom is 0.407 e. The minimum Gasteiger partial charge on any atom is -0.444 e. The number of nitrogens with one attached hydrogen (secondary N) is 1. The van der Waals surface area contributed by atoms with Gasteiger partial charge in [-0.25, -0.2) is 4.79 Å². The van der Waals surface area contributed by atoms with E-state index < -0.39 is 5.60 Å². The van der Waals surface area contributed by atoms with E-state index in [1.165, 1.54) is 24.6 Å². The van der Waals surface area contributed by atoms with Crippen LogP contribution >= 0.6 is 11.8 Å². The van der Waals surface area contributed by atoms with Crippen LogP contribution in [0.15, 0.2) is 0 Å². The van der Waals surface area contributed by atoms with Crippen LogP contribution in [0.2, 0.25) is 0 Å². The maximum absolute atomic E-state index is 11.8. The van der Waals surface area contributed by atoms with E-state index in [1.54, 1.807) is 0 Å². The Kier molecular flexibility index (Phi) is 5.24. The van der Waals surface area contributed by atoms with Gasteiger partial charge in [-0.2, -0.15) is 0 Å². The SMILES string of the molecule is CC(C1CCC(NC(=O)OC(C)(C)C)C1)N1CCSC1. The summed E-state index contributed by atoms with van der Waals surface area (Å²) in [7, 11) is 0. The van der Waals surface area contributed by atoms with Crippen LogP contribution in [0.25, 0.3) is 0 Å². The van der Waals surface area contributed by atoms with E-state index >= 15 is 0 Å². The van der Waals surface area contributed by atoms with Crippen LogP contribution < -0.4 is 5.32 Å². The lowest BCUT2D eigenvalue weighted by Gasteiger charge is -2.28. The van der Waals surface area contributed by atoms with Crippen molar-refractivity contribution < 1.29 is 9.53 Å². The number of rotatable bonds is 3. The number of hydrogen-bond donors (Lipinski definition) is 1. The lowest BCUT2D eigenvalue weighted by molar-refractivity contribution is 0.0503. The highest BCUT2D eigenvalue weighted by Gasteiger charge is 2.33. The highest BCUT2D eigenvalue weighted by Crippen LogP contribution is 2.32. The maximum atomic E-state index is 11.8. The van der Waals surface area contributed by atoms with Gasteiger partial charge in [-0.05, 0) is 52.9 Å². The van der Waals surface area contributed by atoms with E-state index in [9.17, 15) is 4.79 Å². The second-order valence-electron chi connectivity index (χ2n) is 7.01. The Labute approximate surface area is 127 Å². The molecule has 1 aliphatic heterocycles. The number of nitrogens with zero attached hydrogens (tertiary/aromatic N) is 1. The van der Waals surface area contributed by atoms with Crippen LogP contribution in [0.4, 0.5) is 4.79 Å². The smallest absolute Gasteiger partial charge is 0.407 e. The molecule has 1 heterocycles. The third-order valence-electron chi connectivity index (χ3n) is 4.23. The molecule has 1 aliphatic carbocycles. The molecule has 3 unspecified atom stereocenters. The average molecular weight is 300 g/mol. The van der Waals surface area contributed by atoms with Crippen LogP contribution in [0.3, 0.4) is 0 Å². The van der Waals surface area contributed by atoms with E-state index in [4.69, 9.17) is 4.74 Å². The fraction of sp³-hybridized carbons (Fsp3) is 0.933. The summed E-state index contributed by atoms with van der Waals surface area (Å²) < 4.78 is 5.33. The van der Waals surface area contributed by atoms with Crippen molar-refractivity contribution in [3.63, 3.8) is 0 Å². The van der Waals surface area contributed by atoms with E-state index in [0.29, 0.717) is 12.0 Å². The summed E-state index contributed by atoms with van der Waals surface area (Å²) in [4.78, 5) is 14.4. The molecule has 1 saturated heterocycles. The molecule has 0 aromatic heterocycles. The Morgan fingerprint density at radius 3 is 2.75 bits per heavy atom. The first kappa shape index (κ1) is 16.0. The van der Waals surface area contributed by atoms with Crippen molar-refractivity contribution in [1.29, 1.82) is 0 Å². The zero-order valence-corrected chi connectivity index (χ0v) is 14.0. The molecule has 0 spiro atoms. The van der Waals surface area contributed by atoms with Gasteiger partial charge >= 0.3 is 6.09 Å². The summed E-state index contributed by atoms with van der Waals surface area (Å²) >= 11 is 2.02. The van der Waals surface area contributed by atoms with Crippen molar-refractivity contribution in [2.24, 2.45) is 5.92 Å². The molecule has 20 heavy (non-hydrogen) atoms. The van der Waals surface area contributed by atoms with Crippen molar-refractivity contribution in [2.75, 3.05) is 18.2 Å². The Bertz CT molecular complexity index is 337. The first-order valence-corrected chi connectivity index (χ1v) is 8.82. The van der Waals surface area contributed by atoms with Crippen LogP contribution in [-0.4, -0.2) is 46.9 Å². The van der Waals surface area contributed by atoms with Gasteiger partial charge in [-0.1, -0.05) is 0 Å². The van der Waals surface area contributed by atoms with Gasteiger partial charge in [0.2, 0.25) is 0 Å². The van der Waals surface area contributed by atoms with Gasteiger partial charge < -0.3 is 10.1 Å². The summed E-state index contributed by atoms with van der Waals surface area (Å²) in [5.74, 6) is 3.13. The summed E-state index contributed by atoms with van der Waals surface area (Å²) in [6, 6.07) is 0.919. The summed E-state index contributed by atoms with van der Waals surface area (Å²) in [5.41, 5.74) is -0.415. The molecule has 5 heteroatoms. The van der Waals surface area contributed by atoms with Crippen molar-refractivity contribution >= 4 is 17.9 Å². The number of carbonyl (C=O) groups is 1. The zero-order chi connectivity index (χ0) is 14.8. The monoisotopic (exact) mass is 300 g/mol. The zero-order valence-electron chi connectivity index (χ0n) is 13.1. The Balaban J connectivity index is 1.76. The van der Waals surface area contributed by atoms with E-state index in [1.807, 2.05) is 32.5 Å². The molecule has 4 nitrogen and oxygen atoms in total. The predicted octanol–water partition coefficient (Wildman–Crippen LogP) is 3.07. The van der Waals surface area contributed by atoms with Crippen LogP contribution in [0.1, 0.15) is 47.0 Å². The molecule has 1 N–H and O–H groups in total. The van der Waals surface area contributed by atoms with Gasteiger partial charge in [-0.3, -0.25) is 4.90 Å². The van der Waals surface area contributed by atoms with Gasteiger partial charge in [-0.15, -0.1) is 11.8 Å². The number of alkyl carbamates (subject to hydrolysis) is 1. The highest BCUT2D eigenvalue weighted by atomic mass is 32.2. The molecule has 0 aromatic carbocycles. The van der Waals surface area contributed by atoms with Crippen molar-refractivity contribution in [2.45, 2.75) is 64.6 Å². The second kappa shape index (κ2) is 6.56. The van der Waals surface area contributed by atoms with E-state index in [0.717, 1.165) is 12.8 Å². The first-order valence-electron chi connectivity index (χ1n) is 7.66. The molecule has 0 radical (unpaired) electrons. The highest BCUT2D eigenvalue weighted by molar-refractivity contribution is 7.99. The van der Waals surface area contributed by atoms with Gasteiger partial charge in [0, 0.05) is 30.3 Å². The Hall–Kier alpha value is -0.420. The third-order valence-corrected chi connectivity index (χ3v) is 5.22. The van der Waals surface area contributed by atoms with Gasteiger partial charge in [0.15, 0.2) is 0 Å². The van der Waals surface area contributed by atoms with Gasteiger partial charge in [0.05, 0.1) is 0 Å². The molecular formula is C15H28N2O2S. The quantitative estimate of drug-likeness (QED) is 0.870. The Morgan fingerprint density at radius 2 is 2.15 bits per heavy atom. The average Bonchev–Trinajstić information content (AvgIpc) is 2.95.